The molecule has 4 N–H and O–H groups in total. The van der Waals surface area contributed by atoms with Crippen LogP contribution >= 0.6 is 11.3 Å². The summed E-state index contributed by atoms with van der Waals surface area (Å²) in [4.78, 5) is 22.3. The zero-order chi connectivity index (χ0) is 19.8. The second-order valence-corrected chi connectivity index (χ2v) is 8.56. The average Bonchev–Trinajstić information content (AvgIpc) is 3.35. The van der Waals surface area contributed by atoms with Gasteiger partial charge in [-0.3, -0.25) is 0 Å². The minimum atomic E-state index is -0.146. The smallest absolute Gasteiger partial charge is 0.154 e. The number of aromatic amines is 1. The first-order valence-electron chi connectivity index (χ1n) is 9.87. The summed E-state index contributed by atoms with van der Waals surface area (Å²) in [7, 11) is 0. The number of nitrogens with two attached hydrogens (primary N) is 1. The Morgan fingerprint density at radius 2 is 1.86 bits per heavy atom. The van der Waals surface area contributed by atoms with Crippen LogP contribution in [0.15, 0.2) is 36.7 Å². The maximum absolute atomic E-state index is 9.78. The molecule has 0 spiro atoms. The summed E-state index contributed by atoms with van der Waals surface area (Å²) in [5.74, 6) is 1.88. The molecule has 0 saturated heterocycles. The van der Waals surface area contributed by atoms with Gasteiger partial charge in [0.2, 0.25) is 0 Å². The highest BCUT2D eigenvalue weighted by atomic mass is 32.1. The Bertz CT molecular complexity index is 1130. The van der Waals surface area contributed by atoms with Crippen LogP contribution in [-0.2, 0) is 6.42 Å². The van der Waals surface area contributed by atoms with E-state index in [0.29, 0.717) is 17.3 Å². The summed E-state index contributed by atoms with van der Waals surface area (Å²) in [5.41, 5.74) is 9.44. The first-order chi connectivity index (χ1) is 14.2. The van der Waals surface area contributed by atoms with E-state index in [1.807, 2.05) is 18.2 Å². The lowest BCUT2D eigenvalue weighted by molar-refractivity contribution is 0.108. The number of nitrogen functional groups attached to an aromatic ring is 1. The Hall–Kier alpha value is -2.84. The molecule has 0 amide bonds. The Morgan fingerprint density at radius 3 is 2.62 bits per heavy atom. The zero-order valence-electron chi connectivity index (χ0n) is 15.9. The van der Waals surface area contributed by atoms with Crippen LogP contribution < -0.4 is 5.73 Å². The number of fused-ring (bicyclic) bond motifs is 1. The number of imidazole rings is 1. The Morgan fingerprint density at radius 1 is 1.07 bits per heavy atom. The van der Waals surface area contributed by atoms with Gasteiger partial charge >= 0.3 is 0 Å². The quantitative estimate of drug-likeness (QED) is 0.475. The summed E-state index contributed by atoms with van der Waals surface area (Å²) in [6.07, 6.45) is 6.01. The van der Waals surface area contributed by atoms with E-state index in [1.54, 1.807) is 0 Å². The van der Waals surface area contributed by atoms with E-state index in [1.165, 1.54) is 17.7 Å². The van der Waals surface area contributed by atoms with Crippen molar-refractivity contribution in [3.63, 3.8) is 0 Å². The molecule has 0 bridgehead atoms. The maximum atomic E-state index is 9.78. The van der Waals surface area contributed by atoms with Crippen molar-refractivity contribution in [2.45, 2.75) is 38.2 Å². The summed E-state index contributed by atoms with van der Waals surface area (Å²) in [6, 6.07) is 10.1. The summed E-state index contributed by atoms with van der Waals surface area (Å²) in [6.45, 7) is 0. The number of aliphatic hydroxyl groups excluding tert-OH is 1. The molecule has 3 aromatic heterocycles. The van der Waals surface area contributed by atoms with Gasteiger partial charge in [-0.25, -0.2) is 19.9 Å². The summed E-state index contributed by atoms with van der Waals surface area (Å²) < 4.78 is 0. The Labute approximate surface area is 172 Å². The first-order valence-corrected chi connectivity index (χ1v) is 10.7. The van der Waals surface area contributed by atoms with Crippen LogP contribution in [0.3, 0.4) is 0 Å². The monoisotopic (exact) mass is 406 g/mol. The molecule has 1 fully saturated rings. The van der Waals surface area contributed by atoms with Gasteiger partial charge in [0, 0.05) is 12.0 Å². The van der Waals surface area contributed by atoms with Crippen molar-refractivity contribution in [1.82, 2.24) is 24.9 Å². The largest absolute Gasteiger partial charge is 0.393 e. The van der Waals surface area contributed by atoms with Gasteiger partial charge in [-0.2, -0.15) is 0 Å². The fourth-order valence-electron chi connectivity index (χ4n) is 3.98. The number of anilines is 1. The molecule has 1 aliphatic rings. The second kappa shape index (κ2) is 7.53. The lowest BCUT2D eigenvalue weighted by atomic mass is 9.85. The molecule has 0 aliphatic heterocycles. The van der Waals surface area contributed by atoms with E-state index in [-0.39, 0.29) is 6.10 Å². The molecule has 4 aromatic rings. The van der Waals surface area contributed by atoms with Crippen molar-refractivity contribution in [2.24, 2.45) is 5.92 Å². The predicted molar refractivity (Wildman–Crippen MR) is 114 cm³/mol. The van der Waals surface area contributed by atoms with Gasteiger partial charge in [0.05, 0.1) is 11.8 Å². The molecule has 1 aromatic carbocycles. The van der Waals surface area contributed by atoms with Crippen LogP contribution in [0.25, 0.3) is 32.3 Å². The summed E-state index contributed by atoms with van der Waals surface area (Å²) in [5, 5.41) is 10.6. The Balaban J connectivity index is 1.55. The Kier molecular flexibility index (Phi) is 4.73. The third-order valence-corrected chi connectivity index (χ3v) is 6.52. The molecule has 0 atom stereocenters. The van der Waals surface area contributed by atoms with Gasteiger partial charge < -0.3 is 15.8 Å². The number of hydrogen-bond acceptors (Lipinski definition) is 7. The van der Waals surface area contributed by atoms with Crippen molar-refractivity contribution in [1.29, 1.82) is 0 Å². The molecule has 8 heteroatoms. The standard InChI is InChI=1S/C21H22N6OS/c22-19-18-20(24-11-23-19)29-21(27-18)17-16(13-4-2-1-3-5-13)25-15(26-17)10-12-6-8-14(28)9-7-12/h1-5,11-12,14,28H,6-10H2,(H,25,26)(H2,22,23,24). The third kappa shape index (κ3) is 3.61. The molecular formula is C21H22N6OS. The zero-order valence-corrected chi connectivity index (χ0v) is 16.7. The highest BCUT2D eigenvalue weighted by Crippen LogP contribution is 2.36. The molecule has 7 nitrogen and oxygen atoms in total. The average molecular weight is 407 g/mol. The van der Waals surface area contributed by atoms with Gasteiger partial charge in [-0.15, -0.1) is 0 Å². The number of rotatable bonds is 4. The number of nitrogens with zero attached hydrogens (tertiary/aromatic N) is 4. The van der Waals surface area contributed by atoms with Crippen LogP contribution in [0.4, 0.5) is 5.82 Å². The highest BCUT2D eigenvalue weighted by Gasteiger charge is 2.23. The van der Waals surface area contributed by atoms with Gasteiger partial charge in [-0.1, -0.05) is 41.7 Å². The van der Waals surface area contributed by atoms with Gasteiger partial charge in [0.15, 0.2) is 5.82 Å². The number of benzene rings is 1. The molecule has 0 radical (unpaired) electrons. The van der Waals surface area contributed by atoms with Crippen molar-refractivity contribution >= 4 is 27.5 Å². The van der Waals surface area contributed by atoms with E-state index in [9.17, 15) is 5.11 Å². The van der Waals surface area contributed by atoms with E-state index in [0.717, 1.165) is 64.7 Å². The number of nitrogens with one attached hydrogen (secondary N) is 1. The number of thiazole rings is 1. The number of hydrogen-bond donors (Lipinski definition) is 3. The molecule has 1 aliphatic carbocycles. The van der Waals surface area contributed by atoms with Gasteiger partial charge in [0.25, 0.3) is 0 Å². The maximum Gasteiger partial charge on any atom is 0.154 e. The molecule has 0 unspecified atom stereocenters. The summed E-state index contributed by atoms with van der Waals surface area (Å²) >= 11 is 1.49. The lowest BCUT2D eigenvalue weighted by Crippen LogP contribution is -2.19. The van der Waals surface area contributed by atoms with Crippen LogP contribution in [-0.4, -0.2) is 36.1 Å². The fraction of sp³-hybridized carbons (Fsp3) is 0.333. The van der Waals surface area contributed by atoms with E-state index in [4.69, 9.17) is 15.7 Å². The van der Waals surface area contributed by atoms with E-state index >= 15 is 0 Å². The number of aliphatic hydroxyl groups is 1. The van der Waals surface area contributed by atoms with Crippen LogP contribution in [0.2, 0.25) is 0 Å². The fourth-order valence-corrected chi connectivity index (χ4v) is 4.90. The highest BCUT2D eigenvalue weighted by molar-refractivity contribution is 7.21. The molecule has 148 valence electrons. The predicted octanol–water partition coefficient (Wildman–Crippen LogP) is 3.82. The van der Waals surface area contributed by atoms with E-state index < -0.39 is 0 Å². The molecule has 29 heavy (non-hydrogen) atoms. The molecule has 3 heterocycles. The van der Waals surface area contributed by atoms with Crippen molar-refractivity contribution in [3.05, 3.63) is 42.5 Å². The van der Waals surface area contributed by atoms with Gasteiger partial charge in [-0.05, 0) is 31.6 Å². The van der Waals surface area contributed by atoms with Crippen molar-refractivity contribution in [2.75, 3.05) is 5.73 Å². The third-order valence-electron chi connectivity index (χ3n) is 5.54. The molecule has 1 saturated carbocycles. The number of H-pyrrole nitrogens is 1. The number of aromatic nitrogens is 5. The molecule has 5 rings (SSSR count). The topological polar surface area (TPSA) is 114 Å². The minimum absolute atomic E-state index is 0.146. The SMILES string of the molecule is Nc1ncnc2sc(-c3[nH]c(CC4CCC(O)CC4)nc3-c3ccccc3)nc12. The molecular weight excluding hydrogens is 384 g/mol. The van der Waals surface area contributed by atoms with Crippen LogP contribution in [0.1, 0.15) is 31.5 Å². The van der Waals surface area contributed by atoms with Gasteiger partial charge in [0.1, 0.15) is 33.2 Å². The van der Waals surface area contributed by atoms with Crippen molar-refractivity contribution < 1.29 is 5.11 Å². The van der Waals surface area contributed by atoms with Crippen LogP contribution in [0.5, 0.6) is 0 Å². The van der Waals surface area contributed by atoms with Crippen molar-refractivity contribution in [3.8, 4) is 22.0 Å². The first kappa shape index (κ1) is 18.2. The normalized spacial score (nSPS) is 19.6. The second-order valence-electron chi connectivity index (χ2n) is 7.58. The minimum Gasteiger partial charge on any atom is -0.393 e. The lowest BCUT2D eigenvalue weighted by Gasteiger charge is -2.24. The van der Waals surface area contributed by atoms with E-state index in [2.05, 4.69) is 27.1 Å². The van der Waals surface area contributed by atoms with Crippen LogP contribution in [0, 0.1) is 5.92 Å².